The molecule has 1 saturated heterocycles. The zero-order valence-electron chi connectivity index (χ0n) is 22.1. The van der Waals surface area contributed by atoms with Crippen molar-refractivity contribution < 1.29 is 18.3 Å². The summed E-state index contributed by atoms with van der Waals surface area (Å²) in [5.74, 6) is 1.61. The van der Waals surface area contributed by atoms with Crippen LogP contribution in [0.4, 0.5) is 0 Å². The molecule has 2 aromatic heterocycles. The Balaban J connectivity index is 1.61. The largest absolute Gasteiger partial charge is 0.493 e. The molecule has 0 amide bonds. The fourth-order valence-corrected chi connectivity index (χ4v) is 7.38. The van der Waals surface area contributed by atoms with Gasteiger partial charge in [-0.25, -0.2) is 17.9 Å². The lowest BCUT2D eigenvalue weighted by Crippen LogP contribution is -2.40. The highest BCUT2D eigenvalue weighted by Gasteiger charge is 2.31. The minimum absolute atomic E-state index is 0.0423. The van der Waals surface area contributed by atoms with Crippen LogP contribution in [0.1, 0.15) is 75.7 Å². The summed E-state index contributed by atoms with van der Waals surface area (Å²) in [6.45, 7) is 4.68. The molecule has 0 spiro atoms. The van der Waals surface area contributed by atoms with Gasteiger partial charge in [0, 0.05) is 25.6 Å². The second-order valence-electron chi connectivity index (χ2n) is 10.5. The molecular weight excluding hydrogens is 506 g/mol. The first-order valence-corrected chi connectivity index (χ1v) is 15.1. The van der Waals surface area contributed by atoms with E-state index in [4.69, 9.17) is 14.8 Å². The van der Waals surface area contributed by atoms with Gasteiger partial charge in [0.25, 0.3) is 5.56 Å². The van der Waals surface area contributed by atoms with Gasteiger partial charge in [-0.1, -0.05) is 25.7 Å². The molecular formula is C27H37N5O5S. The molecule has 1 aromatic carbocycles. The van der Waals surface area contributed by atoms with Crippen molar-refractivity contribution in [3.63, 3.8) is 0 Å². The molecule has 3 heterocycles. The van der Waals surface area contributed by atoms with E-state index in [1.807, 2.05) is 13.8 Å². The molecule has 5 rings (SSSR count). The van der Waals surface area contributed by atoms with Gasteiger partial charge in [-0.05, 0) is 63.6 Å². The Morgan fingerprint density at radius 3 is 2.61 bits per heavy atom. The number of rotatable bonds is 7. The summed E-state index contributed by atoms with van der Waals surface area (Å²) >= 11 is 0. The van der Waals surface area contributed by atoms with Crippen LogP contribution in [0.5, 0.6) is 5.75 Å². The summed E-state index contributed by atoms with van der Waals surface area (Å²) in [6.07, 6.45) is 8.16. The third-order valence-corrected chi connectivity index (χ3v) is 9.67. The third-order valence-electron chi connectivity index (χ3n) is 7.80. The molecule has 1 unspecified atom stereocenters. The van der Waals surface area contributed by atoms with Crippen LogP contribution in [0.2, 0.25) is 0 Å². The van der Waals surface area contributed by atoms with E-state index in [9.17, 15) is 18.3 Å². The van der Waals surface area contributed by atoms with Gasteiger partial charge in [0.05, 0.1) is 22.8 Å². The second kappa shape index (κ2) is 11.2. The number of nitrogens with one attached hydrogen (secondary N) is 1. The van der Waals surface area contributed by atoms with Gasteiger partial charge in [0.15, 0.2) is 11.3 Å². The number of imidazole rings is 1. The highest BCUT2D eigenvalue weighted by Crippen LogP contribution is 2.34. The molecule has 3 aromatic rings. The molecule has 0 radical (unpaired) electrons. The number of H-pyrrole nitrogens is 1. The molecule has 10 nitrogen and oxygen atoms in total. The van der Waals surface area contributed by atoms with Crippen molar-refractivity contribution in [3.8, 4) is 17.1 Å². The van der Waals surface area contributed by atoms with E-state index in [0.29, 0.717) is 42.1 Å². The number of aryl methyl sites for hydroxylation is 1. The SMILES string of the molecule is CCOc1ccc(S(=O)(=O)N2CCCC(CO)C2)cc1-c1nn2c(C3CCCCCC3)nc(C)c2c(=O)[nH]1. The van der Waals surface area contributed by atoms with Crippen LogP contribution in [0.25, 0.3) is 16.9 Å². The van der Waals surface area contributed by atoms with Crippen LogP contribution in [0.15, 0.2) is 27.9 Å². The maximum atomic E-state index is 13.6. The lowest BCUT2D eigenvalue weighted by atomic mass is 10.00. The second-order valence-corrected chi connectivity index (χ2v) is 12.4. The number of aromatic nitrogens is 4. The van der Waals surface area contributed by atoms with Crippen molar-refractivity contribution in [1.29, 1.82) is 0 Å². The number of nitrogens with zero attached hydrogens (tertiary/aromatic N) is 4. The molecule has 1 aliphatic heterocycles. The lowest BCUT2D eigenvalue weighted by molar-refractivity contribution is 0.165. The Morgan fingerprint density at radius 2 is 1.89 bits per heavy atom. The molecule has 1 aliphatic carbocycles. The first-order valence-electron chi connectivity index (χ1n) is 13.7. The van der Waals surface area contributed by atoms with E-state index in [2.05, 4.69) is 4.98 Å². The fraction of sp³-hybridized carbons (Fsp3) is 0.593. The molecule has 2 aliphatic rings. The highest BCUT2D eigenvalue weighted by atomic mass is 32.2. The van der Waals surface area contributed by atoms with Crippen molar-refractivity contribution in [2.24, 2.45) is 5.92 Å². The molecule has 11 heteroatoms. The van der Waals surface area contributed by atoms with Crippen LogP contribution < -0.4 is 10.3 Å². The van der Waals surface area contributed by atoms with Crippen molar-refractivity contribution in [3.05, 3.63) is 40.1 Å². The summed E-state index contributed by atoms with van der Waals surface area (Å²) in [5.41, 5.74) is 1.13. The number of hydrogen-bond acceptors (Lipinski definition) is 7. The topological polar surface area (TPSA) is 130 Å². The monoisotopic (exact) mass is 543 g/mol. The van der Waals surface area contributed by atoms with Crippen LogP contribution >= 0.6 is 0 Å². The van der Waals surface area contributed by atoms with Crippen molar-refractivity contribution >= 4 is 15.5 Å². The van der Waals surface area contributed by atoms with E-state index in [1.54, 1.807) is 10.6 Å². The maximum Gasteiger partial charge on any atom is 0.277 e. The standard InChI is InChI=1S/C27H37N5O5S/c1-3-37-23-13-12-21(38(35,36)31-14-8-9-19(16-31)17-33)15-22(23)25-29-27(34)24-18(2)28-26(32(24)30-25)20-10-6-4-5-7-11-20/h12-13,15,19-20,33H,3-11,14,16-17H2,1-2H3,(H,29,30,34). The molecule has 206 valence electrons. The van der Waals surface area contributed by atoms with Crippen molar-refractivity contribution in [1.82, 2.24) is 23.9 Å². The van der Waals surface area contributed by atoms with Gasteiger partial charge in [-0.15, -0.1) is 5.10 Å². The number of aliphatic hydroxyl groups excluding tert-OH is 1. The van der Waals surface area contributed by atoms with Crippen LogP contribution in [-0.2, 0) is 10.0 Å². The summed E-state index contributed by atoms with van der Waals surface area (Å²) < 4.78 is 36.1. The average Bonchev–Trinajstić information content (AvgIpc) is 3.07. The first-order chi connectivity index (χ1) is 18.3. The molecule has 0 bridgehead atoms. The normalized spacial score (nSPS) is 20.0. The Morgan fingerprint density at radius 1 is 1.13 bits per heavy atom. The summed E-state index contributed by atoms with van der Waals surface area (Å²) in [4.78, 5) is 21.0. The summed E-state index contributed by atoms with van der Waals surface area (Å²) in [6, 6.07) is 4.68. The predicted octanol–water partition coefficient (Wildman–Crippen LogP) is 3.62. The fourth-order valence-electron chi connectivity index (χ4n) is 5.80. The van der Waals surface area contributed by atoms with E-state index in [0.717, 1.165) is 37.9 Å². The molecule has 2 fully saturated rings. The van der Waals surface area contributed by atoms with Gasteiger partial charge < -0.3 is 14.8 Å². The predicted molar refractivity (Wildman–Crippen MR) is 144 cm³/mol. The Hall–Kier alpha value is -2.76. The number of benzene rings is 1. The number of aromatic amines is 1. The lowest BCUT2D eigenvalue weighted by Gasteiger charge is -2.31. The Labute approximate surface area is 223 Å². The number of sulfonamides is 1. The smallest absolute Gasteiger partial charge is 0.277 e. The third kappa shape index (κ3) is 5.11. The zero-order valence-corrected chi connectivity index (χ0v) is 23.0. The Bertz CT molecular complexity index is 1460. The average molecular weight is 544 g/mol. The van der Waals surface area contributed by atoms with Gasteiger partial charge in [-0.2, -0.15) is 4.31 Å². The quantitative estimate of drug-likeness (QED) is 0.435. The van der Waals surface area contributed by atoms with Gasteiger partial charge in [-0.3, -0.25) is 4.79 Å². The molecule has 2 N–H and O–H groups in total. The van der Waals surface area contributed by atoms with Crippen LogP contribution in [0, 0.1) is 12.8 Å². The van der Waals surface area contributed by atoms with E-state index >= 15 is 0 Å². The van der Waals surface area contributed by atoms with E-state index in [-0.39, 0.29) is 41.3 Å². The van der Waals surface area contributed by atoms with Crippen LogP contribution in [0.3, 0.4) is 0 Å². The molecule has 1 atom stereocenters. The Kier molecular flexibility index (Phi) is 7.88. The number of hydrogen-bond donors (Lipinski definition) is 2. The first kappa shape index (κ1) is 26.8. The number of fused-ring (bicyclic) bond motifs is 1. The summed E-state index contributed by atoms with van der Waals surface area (Å²) in [7, 11) is -3.82. The number of aliphatic hydroxyl groups is 1. The van der Waals surface area contributed by atoms with E-state index < -0.39 is 10.0 Å². The van der Waals surface area contributed by atoms with Crippen LogP contribution in [-0.4, -0.2) is 63.7 Å². The van der Waals surface area contributed by atoms with Gasteiger partial charge >= 0.3 is 0 Å². The van der Waals surface area contributed by atoms with E-state index in [1.165, 1.54) is 29.3 Å². The van der Waals surface area contributed by atoms with Gasteiger partial charge in [0.1, 0.15) is 11.6 Å². The highest BCUT2D eigenvalue weighted by molar-refractivity contribution is 7.89. The van der Waals surface area contributed by atoms with Crippen molar-refractivity contribution in [2.75, 3.05) is 26.3 Å². The van der Waals surface area contributed by atoms with Crippen molar-refractivity contribution in [2.45, 2.75) is 76.0 Å². The zero-order chi connectivity index (χ0) is 26.9. The number of ether oxygens (including phenoxy) is 1. The molecule has 38 heavy (non-hydrogen) atoms. The minimum atomic E-state index is -3.82. The number of piperidine rings is 1. The van der Waals surface area contributed by atoms with Gasteiger partial charge in [0.2, 0.25) is 10.0 Å². The molecule has 1 saturated carbocycles. The minimum Gasteiger partial charge on any atom is -0.493 e. The maximum absolute atomic E-state index is 13.6. The summed E-state index contributed by atoms with van der Waals surface area (Å²) in [5, 5.41) is 14.4.